The lowest BCUT2D eigenvalue weighted by Gasteiger charge is -2.41. The van der Waals surface area contributed by atoms with Gasteiger partial charge >= 0.3 is 0 Å². The third-order valence-electron chi connectivity index (χ3n) is 5.81. The molecule has 0 amide bonds. The Balaban J connectivity index is 1.41. The molecule has 0 saturated carbocycles. The number of halogens is 1. The van der Waals surface area contributed by atoms with Gasteiger partial charge in [0.25, 0.3) is 0 Å². The molecule has 1 aromatic carbocycles. The first kappa shape index (κ1) is 17.3. The maximum atomic E-state index is 13.8. The summed E-state index contributed by atoms with van der Waals surface area (Å²) in [7, 11) is 0. The van der Waals surface area contributed by atoms with Gasteiger partial charge in [-0.1, -0.05) is 24.3 Å². The van der Waals surface area contributed by atoms with E-state index in [4.69, 9.17) is 0 Å². The van der Waals surface area contributed by atoms with E-state index in [9.17, 15) is 14.3 Å². The summed E-state index contributed by atoms with van der Waals surface area (Å²) in [4.78, 5) is 18.5. The molecule has 5 heteroatoms. The van der Waals surface area contributed by atoms with Crippen molar-refractivity contribution in [3.8, 4) is 0 Å². The van der Waals surface area contributed by atoms with Gasteiger partial charge in [0.05, 0.1) is 11.7 Å². The normalized spacial score (nSPS) is 24.2. The zero-order valence-electron chi connectivity index (χ0n) is 14.6. The molecule has 26 heavy (non-hydrogen) atoms. The van der Waals surface area contributed by atoms with E-state index in [-0.39, 0.29) is 29.4 Å². The molecule has 1 fully saturated rings. The summed E-state index contributed by atoms with van der Waals surface area (Å²) in [6, 6.07) is 11.5. The van der Waals surface area contributed by atoms with E-state index >= 15 is 0 Å². The summed E-state index contributed by atoms with van der Waals surface area (Å²) in [5.41, 5.74) is 2.63. The van der Waals surface area contributed by atoms with E-state index in [2.05, 4.69) is 22.0 Å². The van der Waals surface area contributed by atoms with Crippen molar-refractivity contribution >= 4 is 5.78 Å². The number of fused-ring (bicyclic) bond motifs is 1. The van der Waals surface area contributed by atoms with E-state index in [0.29, 0.717) is 19.3 Å². The van der Waals surface area contributed by atoms with Gasteiger partial charge in [-0.3, -0.25) is 9.69 Å². The van der Waals surface area contributed by atoms with Crippen molar-refractivity contribution in [1.29, 1.82) is 0 Å². The molecule has 1 saturated heterocycles. The first-order valence-electron chi connectivity index (χ1n) is 9.27. The van der Waals surface area contributed by atoms with Crippen molar-refractivity contribution < 1.29 is 14.3 Å². The molecule has 1 aliphatic heterocycles. The quantitative estimate of drug-likeness (QED) is 0.680. The summed E-state index contributed by atoms with van der Waals surface area (Å²) >= 11 is 0. The highest BCUT2D eigenvalue weighted by Crippen LogP contribution is 2.29. The van der Waals surface area contributed by atoms with Gasteiger partial charge in [0.15, 0.2) is 5.78 Å². The molecule has 136 valence electrons. The molecule has 1 aromatic heterocycles. The highest BCUT2D eigenvalue weighted by atomic mass is 19.1. The number of Topliss-reactive ketones (excluding diaryl/α,β-unsaturated/α-hetero) is 1. The number of carbonyl (C=O) groups is 1. The first-order valence-corrected chi connectivity index (χ1v) is 9.27. The topological polar surface area (TPSA) is 53.4 Å². The zero-order valence-corrected chi connectivity index (χ0v) is 14.6. The second-order valence-electron chi connectivity index (χ2n) is 7.33. The first-order chi connectivity index (χ1) is 12.6. The van der Waals surface area contributed by atoms with Gasteiger partial charge < -0.3 is 5.11 Å². The van der Waals surface area contributed by atoms with Crippen LogP contribution in [0.15, 0.2) is 42.6 Å². The van der Waals surface area contributed by atoms with Gasteiger partial charge in [0.1, 0.15) is 0 Å². The Kier molecular flexibility index (Phi) is 4.83. The lowest BCUT2D eigenvalue weighted by Crippen LogP contribution is -2.51. The number of hydrogen-bond acceptors (Lipinski definition) is 4. The number of rotatable bonds is 3. The molecule has 0 spiro atoms. The van der Waals surface area contributed by atoms with Gasteiger partial charge in [-0.25, -0.2) is 4.98 Å². The number of likely N-dealkylation sites (tertiary alicyclic amines) is 1. The molecule has 4 nitrogen and oxygen atoms in total. The Labute approximate surface area is 152 Å². The largest absolute Gasteiger partial charge is 0.391 e. The number of ketones is 1. The molecule has 2 aliphatic rings. The SMILES string of the molecule is O=C(c1cccnc1F)C1CCN([C@H]2Cc3ccccc3C[C@@H]2O)CC1. The molecule has 1 aliphatic carbocycles. The summed E-state index contributed by atoms with van der Waals surface area (Å²) in [6.07, 6.45) is 3.88. The maximum absolute atomic E-state index is 13.8. The summed E-state index contributed by atoms with van der Waals surface area (Å²) in [6.45, 7) is 1.50. The smallest absolute Gasteiger partial charge is 0.223 e. The Morgan fingerprint density at radius 3 is 2.46 bits per heavy atom. The minimum atomic E-state index is -0.681. The Bertz CT molecular complexity index is 802. The Hall–Kier alpha value is -2.11. The van der Waals surface area contributed by atoms with E-state index in [1.807, 2.05) is 12.1 Å². The van der Waals surface area contributed by atoms with Gasteiger partial charge in [-0.2, -0.15) is 4.39 Å². The molecule has 2 heterocycles. The summed E-state index contributed by atoms with van der Waals surface area (Å²) in [5, 5.41) is 10.6. The molecule has 4 rings (SSSR count). The molecular weight excluding hydrogens is 331 g/mol. The van der Waals surface area contributed by atoms with Crippen LogP contribution in [0.4, 0.5) is 4.39 Å². The summed E-state index contributed by atoms with van der Waals surface area (Å²) in [5.74, 6) is -0.998. The third kappa shape index (κ3) is 3.29. The second kappa shape index (κ2) is 7.25. The molecule has 1 N–H and O–H groups in total. The number of benzene rings is 1. The molecule has 0 unspecified atom stereocenters. The fourth-order valence-electron chi connectivity index (χ4n) is 4.33. The van der Waals surface area contributed by atoms with Gasteiger partial charge in [-0.15, -0.1) is 0 Å². The van der Waals surface area contributed by atoms with Crippen LogP contribution in [0.5, 0.6) is 0 Å². The minimum absolute atomic E-state index is 0.0936. The van der Waals surface area contributed by atoms with E-state index in [1.54, 1.807) is 6.07 Å². The minimum Gasteiger partial charge on any atom is -0.391 e. The van der Waals surface area contributed by atoms with E-state index in [1.165, 1.54) is 23.4 Å². The average Bonchev–Trinajstić information content (AvgIpc) is 2.67. The number of aliphatic hydroxyl groups excluding tert-OH is 1. The number of hydrogen-bond donors (Lipinski definition) is 1. The van der Waals surface area contributed by atoms with Gasteiger partial charge in [0.2, 0.25) is 5.95 Å². The third-order valence-corrected chi connectivity index (χ3v) is 5.81. The number of nitrogens with zero attached hydrogens (tertiary/aromatic N) is 2. The standard InChI is InChI=1S/C21H23FN2O2/c22-21-17(6-3-9-23-21)20(26)14-7-10-24(11-8-14)18-12-15-4-1-2-5-16(15)13-19(18)25/h1-6,9,14,18-19,25H,7-8,10-13H2/t18-,19-/m0/s1. The number of aromatic nitrogens is 1. The van der Waals surface area contributed by atoms with Crippen LogP contribution < -0.4 is 0 Å². The summed E-state index contributed by atoms with van der Waals surface area (Å²) < 4.78 is 13.8. The van der Waals surface area contributed by atoms with E-state index in [0.717, 1.165) is 19.5 Å². The number of carbonyl (C=O) groups excluding carboxylic acids is 1. The number of piperidine rings is 1. The lowest BCUT2D eigenvalue weighted by atomic mass is 9.83. The van der Waals surface area contributed by atoms with Crippen molar-refractivity contribution in [2.45, 2.75) is 37.8 Å². The lowest BCUT2D eigenvalue weighted by molar-refractivity contribution is 0.0239. The van der Waals surface area contributed by atoms with E-state index < -0.39 is 5.95 Å². The maximum Gasteiger partial charge on any atom is 0.223 e. The Morgan fingerprint density at radius 1 is 1.08 bits per heavy atom. The number of aliphatic hydroxyl groups is 1. The second-order valence-corrected chi connectivity index (χ2v) is 7.33. The van der Waals surface area contributed by atoms with Crippen molar-refractivity contribution in [3.63, 3.8) is 0 Å². The predicted octanol–water partition coefficient (Wildman–Crippen LogP) is 2.64. The van der Waals surface area contributed by atoms with Crippen molar-refractivity contribution in [2.75, 3.05) is 13.1 Å². The van der Waals surface area contributed by atoms with Crippen LogP contribution >= 0.6 is 0 Å². The molecule has 0 bridgehead atoms. The van der Waals surface area contributed by atoms with Gasteiger partial charge in [0, 0.05) is 24.6 Å². The predicted molar refractivity (Wildman–Crippen MR) is 96.5 cm³/mol. The van der Waals surface area contributed by atoms with Crippen molar-refractivity contribution in [3.05, 3.63) is 65.2 Å². The van der Waals surface area contributed by atoms with Crippen LogP contribution in [0, 0.1) is 11.9 Å². The van der Waals surface area contributed by atoms with Crippen LogP contribution in [0.1, 0.15) is 34.3 Å². The van der Waals surface area contributed by atoms with Crippen molar-refractivity contribution in [1.82, 2.24) is 9.88 Å². The monoisotopic (exact) mass is 354 g/mol. The van der Waals surface area contributed by atoms with Crippen LogP contribution in [0.3, 0.4) is 0 Å². The number of pyridine rings is 1. The average molecular weight is 354 g/mol. The highest BCUT2D eigenvalue weighted by molar-refractivity contribution is 5.97. The molecule has 2 atom stereocenters. The Morgan fingerprint density at radius 2 is 1.77 bits per heavy atom. The van der Waals surface area contributed by atoms with Crippen LogP contribution in [0.25, 0.3) is 0 Å². The zero-order chi connectivity index (χ0) is 18.1. The van der Waals surface area contributed by atoms with Crippen LogP contribution in [-0.2, 0) is 12.8 Å². The van der Waals surface area contributed by atoms with Crippen LogP contribution in [-0.4, -0.2) is 46.0 Å². The molecular formula is C21H23FN2O2. The highest BCUT2D eigenvalue weighted by Gasteiger charge is 2.35. The fourth-order valence-corrected chi connectivity index (χ4v) is 4.33. The molecule has 0 radical (unpaired) electrons. The van der Waals surface area contributed by atoms with Gasteiger partial charge in [-0.05, 0) is 55.6 Å². The fraction of sp³-hybridized carbons (Fsp3) is 0.429. The molecule has 2 aromatic rings. The van der Waals surface area contributed by atoms with Crippen molar-refractivity contribution in [2.24, 2.45) is 5.92 Å². The van der Waals surface area contributed by atoms with Crippen LogP contribution in [0.2, 0.25) is 0 Å².